The monoisotopic (exact) mass is 415 g/mol. The Morgan fingerprint density at radius 1 is 1.25 bits per heavy atom. The highest BCUT2D eigenvalue weighted by molar-refractivity contribution is 8.01. The number of aromatic nitrogens is 1. The van der Waals surface area contributed by atoms with Gasteiger partial charge in [-0.25, -0.2) is 0 Å². The zero-order chi connectivity index (χ0) is 20.9. The molecule has 1 aromatic heterocycles. The zero-order valence-electron chi connectivity index (χ0n) is 15.5. The predicted molar refractivity (Wildman–Crippen MR) is 99.8 cm³/mol. The minimum atomic E-state index is -4.69. The van der Waals surface area contributed by atoms with Crippen molar-refractivity contribution in [3.8, 4) is 0 Å². The Bertz CT molecular complexity index is 826. The van der Waals surface area contributed by atoms with Gasteiger partial charge in [0.2, 0.25) is 11.8 Å². The van der Waals surface area contributed by atoms with E-state index in [-0.39, 0.29) is 17.1 Å². The number of amides is 2. The first kappa shape index (κ1) is 21.8. The summed E-state index contributed by atoms with van der Waals surface area (Å²) in [5, 5.41) is 7.50. The van der Waals surface area contributed by atoms with Crippen molar-refractivity contribution in [1.29, 1.82) is 0 Å². The molecule has 2 aromatic rings. The van der Waals surface area contributed by atoms with Crippen LogP contribution in [-0.4, -0.2) is 34.2 Å². The third-order valence-corrected chi connectivity index (χ3v) is 5.16. The Morgan fingerprint density at radius 2 is 1.89 bits per heavy atom. The highest BCUT2D eigenvalue weighted by Gasteiger charge is 2.53. The maximum Gasteiger partial charge on any atom is 0.415 e. The van der Waals surface area contributed by atoms with Crippen molar-refractivity contribution in [2.45, 2.75) is 37.7 Å². The molecule has 0 bridgehead atoms. The molecule has 0 aliphatic rings. The number of anilines is 1. The van der Waals surface area contributed by atoms with E-state index in [2.05, 4.69) is 15.8 Å². The Kier molecular flexibility index (Phi) is 6.76. The van der Waals surface area contributed by atoms with Crippen LogP contribution in [-0.2, 0) is 15.1 Å². The number of rotatable bonds is 7. The fraction of sp³-hybridized carbons (Fsp3) is 0.389. The SMILES string of the molecule is Cc1cc(NC(=O)[C@@H](C)SCC(=O)N[C@@](C)(c2ccccc2)C(F)(F)F)no1. The van der Waals surface area contributed by atoms with Crippen molar-refractivity contribution in [2.24, 2.45) is 0 Å². The van der Waals surface area contributed by atoms with Gasteiger partial charge in [-0.2, -0.15) is 13.2 Å². The molecule has 10 heteroatoms. The first-order valence-corrected chi connectivity index (χ1v) is 9.37. The van der Waals surface area contributed by atoms with Gasteiger partial charge in [-0.3, -0.25) is 9.59 Å². The summed E-state index contributed by atoms with van der Waals surface area (Å²) >= 11 is 0.915. The second kappa shape index (κ2) is 8.68. The Hall–Kier alpha value is -2.49. The van der Waals surface area contributed by atoms with Gasteiger partial charge in [0.15, 0.2) is 11.4 Å². The van der Waals surface area contributed by atoms with Crippen molar-refractivity contribution < 1.29 is 27.3 Å². The van der Waals surface area contributed by atoms with Gasteiger partial charge in [-0.15, -0.1) is 11.8 Å². The first-order chi connectivity index (χ1) is 13.0. The minimum absolute atomic E-state index is 0.0759. The van der Waals surface area contributed by atoms with E-state index in [0.717, 1.165) is 18.7 Å². The Labute approximate surface area is 164 Å². The number of hydrogen-bond donors (Lipinski definition) is 2. The van der Waals surface area contributed by atoms with Crippen LogP contribution >= 0.6 is 11.8 Å². The summed E-state index contributed by atoms with van der Waals surface area (Å²) in [5.74, 6) is -0.834. The lowest BCUT2D eigenvalue weighted by Crippen LogP contribution is -2.54. The van der Waals surface area contributed by atoms with E-state index >= 15 is 0 Å². The summed E-state index contributed by atoms with van der Waals surface area (Å²) in [7, 11) is 0. The van der Waals surface area contributed by atoms with E-state index < -0.39 is 28.8 Å². The lowest BCUT2D eigenvalue weighted by atomic mass is 9.91. The van der Waals surface area contributed by atoms with Gasteiger partial charge in [0.1, 0.15) is 5.76 Å². The van der Waals surface area contributed by atoms with Gasteiger partial charge in [0.05, 0.1) is 11.0 Å². The molecule has 2 atom stereocenters. The van der Waals surface area contributed by atoms with E-state index in [1.807, 2.05) is 0 Å². The van der Waals surface area contributed by atoms with Crippen LogP contribution in [0.3, 0.4) is 0 Å². The number of carbonyl (C=O) groups is 2. The number of thioether (sulfide) groups is 1. The normalized spacial score (nSPS) is 14.8. The second-order valence-corrected chi connectivity index (χ2v) is 7.63. The molecule has 0 unspecified atom stereocenters. The van der Waals surface area contributed by atoms with E-state index in [1.165, 1.54) is 30.3 Å². The molecule has 0 saturated heterocycles. The van der Waals surface area contributed by atoms with Gasteiger partial charge < -0.3 is 15.2 Å². The van der Waals surface area contributed by atoms with Crippen molar-refractivity contribution in [1.82, 2.24) is 10.5 Å². The molecule has 152 valence electrons. The standard InChI is InChI=1S/C18H20F3N3O3S/c1-11-9-14(24-27-11)22-16(26)12(2)28-10-15(25)23-17(3,18(19,20)21)13-7-5-4-6-8-13/h4-9,12H,10H2,1-3H3,(H,23,25)(H,22,24,26)/t12-,17+/m1/s1. The predicted octanol–water partition coefficient (Wildman–Crippen LogP) is 3.64. The number of hydrogen-bond acceptors (Lipinski definition) is 5. The van der Waals surface area contributed by atoms with E-state index in [1.54, 1.807) is 19.9 Å². The largest absolute Gasteiger partial charge is 0.415 e. The van der Waals surface area contributed by atoms with Crippen LogP contribution in [0.5, 0.6) is 0 Å². The second-order valence-electron chi connectivity index (χ2n) is 6.30. The number of halogens is 3. The van der Waals surface area contributed by atoms with Gasteiger partial charge >= 0.3 is 6.18 Å². The van der Waals surface area contributed by atoms with E-state index in [4.69, 9.17) is 4.52 Å². The summed E-state index contributed by atoms with van der Waals surface area (Å²) in [6, 6.07) is 8.66. The smallest absolute Gasteiger partial charge is 0.360 e. The third-order valence-electron chi connectivity index (χ3n) is 4.02. The van der Waals surface area contributed by atoms with Crippen molar-refractivity contribution in [2.75, 3.05) is 11.1 Å². The summed E-state index contributed by atoms with van der Waals surface area (Å²) in [5.41, 5.74) is -2.61. The Morgan fingerprint density at radius 3 is 2.43 bits per heavy atom. The fourth-order valence-electron chi connectivity index (χ4n) is 2.32. The molecule has 1 heterocycles. The van der Waals surface area contributed by atoms with Crippen molar-refractivity contribution >= 4 is 29.4 Å². The first-order valence-electron chi connectivity index (χ1n) is 8.32. The van der Waals surface area contributed by atoms with Gasteiger partial charge in [-0.05, 0) is 26.3 Å². The van der Waals surface area contributed by atoms with E-state index in [0.29, 0.717) is 5.76 Å². The van der Waals surface area contributed by atoms with Crippen LogP contribution in [0.1, 0.15) is 25.2 Å². The van der Waals surface area contributed by atoms with Gasteiger partial charge in [0, 0.05) is 6.07 Å². The van der Waals surface area contributed by atoms with Crippen LogP contribution in [0.15, 0.2) is 40.9 Å². The molecule has 2 N–H and O–H groups in total. The number of benzene rings is 1. The van der Waals surface area contributed by atoms with Crippen LogP contribution in [0.2, 0.25) is 0 Å². The molecule has 0 radical (unpaired) electrons. The molecule has 28 heavy (non-hydrogen) atoms. The fourth-order valence-corrected chi connectivity index (χ4v) is 3.01. The topological polar surface area (TPSA) is 84.2 Å². The summed E-state index contributed by atoms with van der Waals surface area (Å²) in [4.78, 5) is 24.3. The molecule has 0 aliphatic carbocycles. The van der Waals surface area contributed by atoms with Gasteiger partial charge in [0.25, 0.3) is 0 Å². The summed E-state index contributed by atoms with van der Waals surface area (Å²) in [6.45, 7) is 4.11. The number of nitrogens with one attached hydrogen (secondary N) is 2. The van der Waals surface area contributed by atoms with Crippen LogP contribution < -0.4 is 10.6 Å². The molecule has 2 rings (SSSR count). The highest BCUT2D eigenvalue weighted by Crippen LogP contribution is 2.38. The number of nitrogens with zero attached hydrogens (tertiary/aromatic N) is 1. The maximum absolute atomic E-state index is 13.6. The molecular weight excluding hydrogens is 395 g/mol. The summed E-state index contributed by atoms with van der Waals surface area (Å²) < 4.78 is 45.7. The van der Waals surface area contributed by atoms with Crippen LogP contribution in [0.4, 0.5) is 19.0 Å². The molecule has 1 aromatic carbocycles. The lowest BCUT2D eigenvalue weighted by Gasteiger charge is -2.33. The molecule has 6 nitrogen and oxygen atoms in total. The zero-order valence-corrected chi connectivity index (χ0v) is 16.3. The van der Waals surface area contributed by atoms with Crippen LogP contribution in [0.25, 0.3) is 0 Å². The maximum atomic E-state index is 13.6. The minimum Gasteiger partial charge on any atom is -0.360 e. The van der Waals surface area contributed by atoms with E-state index in [9.17, 15) is 22.8 Å². The molecule has 2 amide bonds. The quantitative estimate of drug-likeness (QED) is 0.721. The van der Waals surface area contributed by atoms with Gasteiger partial charge in [-0.1, -0.05) is 35.5 Å². The molecule has 0 spiro atoms. The lowest BCUT2D eigenvalue weighted by molar-refractivity contribution is -0.196. The summed E-state index contributed by atoms with van der Waals surface area (Å²) in [6.07, 6.45) is -4.69. The molecular formula is C18H20F3N3O3S. The average molecular weight is 415 g/mol. The van der Waals surface area contributed by atoms with Crippen molar-refractivity contribution in [3.63, 3.8) is 0 Å². The number of alkyl halides is 3. The Balaban J connectivity index is 1.96. The average Bonchev–Trinajstić information content (AvgIpc) is 3.04. The molecule has 0 saturated carbocycles. The third kappa shape index (κ3) is 5.28. The van der Waals surface area contributed by atoms with Crippen molar-refractivity contribution in [3.05, 3.63) is 47.7 Å². The number of carbonyl (C=O) groups excluding carboxylic acids is 2. The van der Waals surface area contributed by atoms with Crippen LogP contribution in [0, 0.1) is 6.92 Å². The molecule has 0 aliphatic heterocycles. The number of aryl methyl sites for hydroxylation is 1. The highest BCUT2D eigenvalue weighted by atomic mass is 32.2. The molecule has 0 fully saturated rings.